The largest absolute Gasteiger partial charge is 0.499 e. The summed E-state index contributed by atoms with van der Waals surface area (Å²) in [5.41, 5.74) is 0.999. The molecule has 0 N–H and O–H groups in total. The van der Waals surface area contributed by atoms with Crippen LogP contribution < -0.4 is 4.74 Å². The van der Waals surface area contributed by atoms with Gasteiger partial charge < -0.3 is 14.3 Å². The molecule has 0 saturated heterocycles. The Kier molecular flexibility index (Phi) is 16.3. The molecule has 0 aliphatic heterocycles. The molecule has 0 radical (unpaired) electrons. The van der Waals surface area contributed by atoms with Gasteiger partial charge in [0.2, 0.25) is 0 Å². The molecule has 174 valence electrons. The summed E-state index contributed by atoms with van der Waals surface area (Å²) in [5.74, 6) is 2.54. The monoisotopic (exact) mass is 428 g/mol. The fourth-order valence-electron chi connectivity index (χ4n) is 3.53. The summed E-state index contributed by atoms with van der Waals surface area (Å²) in [7, 11) is 0. The standard InChI is InChI=1S/C28H44O3/c1-4-5-6-7-8-12-15-24-30-25(2)16-13-10-9-11-14-17-26(3)31-28-20-18-27(19-21-28)22-23-29/h18-21,23H,2-17,22,24H2,1H3. The van der Waals surface area contributed by atoms with Gasteiger partial charge in [-0.15, -0.1) is 0 Å². The molecule has 0 bridgehead atoms. The number of hydrogen-bond acceptors (Lipinski definition) is 3. The van der Waals surface area contributed by atoms with Crippen molar-refractivity contribution in [2.75, 3.05) is 6.61 Å². The summed E-state index contributed by atoms with van der Waals surface area (Å²) in [6.07, 6.45) is 18.3. The number of allylic oxidation sites excluding steroid dienone is 2. The van der Waals surface area contributed by atoms with Gasteiger partial charge in [0.15, 0.2) is 0 Å². The van der Waals surface area contributed by atoms with E-state index in [9.17, 15) is 4.79 Å². The van der Waals surface area contributed by atoms with Gasteiger partial charge in [0.05, 0.1) is 18.1 Å². The van der Waals surface area contributed by atoms with Crippen LogP contribution in [0.1, 0.15) is 102 Å². The fourth-order valence-corrected chi connectivity index (χ4v) is 3.53. The molecule has 0 fully saturated rings. The highest BCUT2D eigenvalue weighted by molar-refractivity contribution is 5.55. The van der Waals surface area contributed by atoms with Crippen LogP contribution in [0, 0.1) is 0 Å². The number of rotatable bonds is 21. The van der Waals surface area contributed by atoms with Crippen LogP contribution in [0.5, 0.6) is 5.75 Å². The van der Waals surface area contributed by atoms with E-state index in [1.807, 2.05) is 24.3 Å². The maximum Gasteiger partial charge on any atom is 0.126 e. The van der Waals surface area contributed by atoms with Gasteiger partial charge in [-0.05, 0) is 37.0 Å². The van der Waals surface area contributed by atoms with Crippen LogP contribution in [0.4, 0.5) is 0 Å². The zero-order valence-corrected chi connectivity index (χ0v) is 19.8. The molecule has 31 heavy (non-hydrogen) atoms. The minimum absolute atomic E-state index is 0.444. The first kappa shape index (κ1) is 27.0. The molecule has 0 atom stereocenters. The Balaban J connectivity index is 1.92. The van der Waals surface area contributed by atoms with Gasteiger partial charge in [-0.2, -0.15) is 0 Å². The second kappa shape index (κ2) is 18.7. The van der Waals surface area contributed by atoms with Gasteiger partial charge in [-0.3, -0.25) is 0 Å². The normalized spacial score (nSPS) is 10.6. The van der Waals surface area contributed by atoms with Crippen molar-refractivity contribution in [2.24, 2.45) is 0 Å². The molecule has 0 spiro atoms. The zero-order valence-electron chi connectivity index (χ0n) is 19.8. The number of ether oxygens (including phenoxy) is 2. The summed E-state index contributed by atoms with van der Waals surface area (Å²) in [6, 6.07) is 7.63. The van der Waals surface area contributed by atoms with Gasteiger partial charge in [0.1, 0.15) is 12.0 Å². The summed E-state index contributed by atoms with van der Waals surface area (Å²) in [4.78, 5) is 10.5. The van der Waals surface area contributed by atoms with Gasteiger partial charge in [0, 0.05) is 19.3 Å². The highest BCUT2D eigenvalue weighted by atomic mass is 16.5. The van der Waals surface area contributed by atoms with Crippen molar-refractivity contribution in [3.05, 3.63) is 54.5 Å². The van der Waals surface area contributed by atoms with Crippen LogP contribution >= 0.6 is 0 Å². The summed E-state index contributed by atoms with van der Waals surface area (Å²) in [5, 5.41) is 0. The van der Waals surface area contributed by atoms with Gasteiger partial charge in [-0.1, -0.05) is 90.0 Å². The topological polar surface area (TPSA) is 35.5 Å². The molecule has 0 aliphatic rings. The van der Waals surface area contributed by atoms with Gasteiger partial charge in [0.25, 0.3) is 0 Å². The highest BCUT2D eigenvalue weighted by Gasteiger charge is 2.01. The molecule has 3 nitrogen and oxygen atoms in total. The maximum atomic E-state index is 10.5. The summed E-state index contributed by atoms with van der Waals surface area (Å²) >= 11 is 0. The lowest BCUT2D eigenvalue weighted by Crippen LogP contribution is -1.95. The van der Waals surface area contributed by atoms with E-state index in [2.05, 4.69) is 20.1 Å². The number of hydrogen-bond donors (Lipinski definition) is 0. The molecule has 1 rings (SSSR count). The van der Waals surface area contributed by atoms with E-state index in [1.54, 1.807) is 0 Å². The lowest BCUT2D eigenvalue weighted by molar-refractivity contribution is -0.107. The van der Waals surface area contributed by atoms with Crippen molar-refractivity contribution in [1.29, 1.82) is 0 Å². The predicted octanol–water partition coefficient (Wildman–Crippen LogP) is 8.33. The number of unbranched alkanes of at least 4 members (excludes halogenated alkanes) is 10. The van der Waals surface area contributed by atoms with Gasteiger partial charge >= 0.3 is 0 Å². The predicted molar refractivity (Wildman–Crippen MR) is 131 cm³/mol. The third kappa shape index (κ3) is 15.4. The molecule has 0 aromatic heterocycles. The first-order chi connectivity index (χ1) is 15.2. The van der Waals surface area contributed by atoms with E-state index >= 15 is 0 Å². The Hall–Kier alpha value is -2.03. The molecule has 0 amide bonds. The molecule has 0 heterocycles. The van der Waals surface area contributed by atoms with Crippen molar-refractivity contribution in [3.63, 3.8) is 0 Å². The van der Waals surface area contributed by atoms with E-state index in [1.165, 1.54) is 57.8 Å². The first-order valence-corrected chi connectivity index (χ1v) is 12.3. The Morgan fingerprint density at radius 3 is 1.94 bits per heavy atom. The Morgan fingerprint density at radius 2 is 1.32 bits per heavy atom. The van der Waals surface area contributed by atoms with Crippen molar-refractivity contribution in [2.45, 2.75) is 103 Å². The number of carbonyl (C=O) groups is 1. The highest BCUT2D eigenvalue weighted by Crippen LogP contribution is 2.18. The lowest BCUT2D eigenvalue weighted by Gasteiger charge is -2.10. The average Bonchev–Trinajstić information content (AvgIpc) is 2.76. The van der Waals surface area contributed by atoms with E-state index in [0.29, 0.717) is 6.42 Å². The van der Waals surface area contributed by atoms with Gasteiger partial charge in [-0.25, -0.2) is 0 Å². The number of carbonyl (C=O) groups excluding carboxylic acids is 1. The molecule has 0 saturated carbocycles. The molecule has 1 aromatic rings. The quantitative estimate of drug-likeness (QED) is 0.112. The van der Waals surface area contributed by atoms with Crippen molar-refractivity contribution < 1.29 is 14.3 Å². The first-order valence-electron chi connectivity index (χ1n) is 12.3. The van der Waals surface area contributed by atoms with Crippen LogP contribution in [0.2, 0.25) is 0 Å². The molecular weight excluding hydrogens is 384 g/mol. The molecule has 3 heteroatoms. The van der Waals surface area contributed by atoms with Crippen LogP contribution in [0.3, 0.4) is 0 Å². The lowest BCUT2D eigenvalue weighted by atomic mass is 10.1. The van der Waals surface area contributed by atoms with E-state index in [0.717, 1.165) is 67.8 Å². The van der Waals surface area contributed by atoms with Crippen LogP contribution in [-0.4, -0.2) is 12.9 Å². The molecule has 1 aromatic carbocycles. The fraction of sp³-hybridized carbons (Fsp3) is 0.607. The van der Waals surface area contributed by atoms with Crippen LogP contribution in [0.15, 0.2) is 48.9 Å². The average molecular weight is 429 g/mol. The van der Waals surface area contributed by atoms with E-state index in [4.69, 9.17) is 9.47 Å². The number of benzene rings is 1. The Bertz CT molecular complexity index is 603. The van der Waals surface area contributed by atoms with Crippen molar-refractivity contribution in [1.82, 2.24) is 0 Å². The second-order valence-electron chi connectivity index (χ2n) is 8.43. The summed E-state index contributed by atoms with van der Waals surface area (Å²) in [6.45, 7) is 11.2. The summed E-state index contributed by atoms with van der Waals surface area (Å²) < 4.78 is 11.5. The minimum atomic E-state index is 0.444. The smallest absolute Gasteiger partial charge is 0.126 e. The van der Waals surface area contributed by atoms with E-state index in [-0.39, 0.29) is 0 Å². The Morgan fingerprint density at radius 1 is 0.774 bits per heavy atom. The second-order valence-corrected chi connectivity index (χ2v) is 8.43. The third-order valence-electron chi connectivity index (χ3n) is 5.47. The SMILES string of the molecule is C=C(CCCCCCCC(=C)Oc1ccc(CC=O)cc1)OCCCCCCCCC. The van der Waals surface area contributed by atoms with Crippen molar-refractivity contribution in [3.8, 4) is 5.75 Å². The molecule has 0 unspecified atom stereocenters. The minimum Gasteiger partial charge on any atom is -0.499 e. The Labute approximate surface area is 190 Å². The number of aldehydes is 1. The van der Waals surface area contributed by atoms with Crippen LogP contribution in [0.25, 0.3) is 0 Å². The van der Waals surface area contributed by atoms with Crippen LogP contribution in [-0.2, 0) is 16.0 Å². The molecular formula is C28H44O3. The zero-order chi connectivity index (χ0) is 22.6. The maximum absolute atomic E-state index is 10.5. The third-order valence-corrected chi connectivity index (χ3v) is 5.47. The van der Waals surface area contributed by atoms with Crippen molar-refractivity contribution >= 4 is 6.29 Å². The molecule has 0 aliphatic carbocycles. The van der Waals surface area contributed by atoms with E-state index < -0.39 is 0 Å².